The molecule has 0 fully saturated rings. The largest absolute Gasteiger partial charge is 0.476 e. The molecule has 0 spiro atoms. The first-order valence-electron chi connectivity index (χ1n) is 4.08. The molecule has 15 heavy (non-hydrogen) atoms. The van der Waals surface area contributed by atoms with Crippen molar-refractivity contribution in [1.29, 1.82) is 0 Å². The highest BCUT2D eigenvalue weighted by Crippen LogP contribution is 2.29. The van der Waals surface area contributed by atoms with Crippen LogP contribution in [0.4, 0.5) is 5.00 Å². The topological polar surface area (TPSA) is 89.1 Å². The SMILES string of the molecule is Nc1sc(-c2ccncc2)nc1C(=O)O. The second kappa shape index (κ2) is 3.66. The molecule has 0 saturated heterocycles. The van der Waals surface area contributed by atoms with Crippen molar-refractivity contribution >= 4 is 22.3 Å². The van der Waals surface area contributed by atoms with Gasteiger partial charge in [0.1, 0.15) is 10.0 Å². The van der Waals surface area contributed by atoms with E-state index in [1.165, 1.54) is 0 Å². The molecule has 0 atom stereocenters. The molecule has 0 aliphatic carbocycles. The third kappa shape index (κ3) is 1.79. The number of carboxylic acids is 1. The normalized spacial score (nSPS) is 10.1. The standard InChI is InChI=1S/C9H7N3O2S/c10-7-6(9(13)14)12-8(15-7)5-1-3-11-4-2-5/h1-4H,10H2,(H,13,14). The Kier molecular flexibility index (Phi) is 2.34. The Bertz CT molecular complexity index is 495. The number of aromatic nitrogens is 2. The summed E-state index contributed by atoms with van der Waals surface area (Å²) in [5.74, 6) is -1.11. The molecule has 3 N–H and O–H groups in total. The minimum absolute atomic E-state index is 0.0909. The number of nitrogen functional groups attached to an aromatic ring is 1. The molecule has 0 aliphatic heterocycles. The van der Waals surface area contributed by atoms with Gasteiger partial charge in [-0.25, -0.2) is 9.78 Å². The zero-order valence-electron chi connectivity index (χ0n) is 7.54. The maximum atomic E-state index is 10.7. The summed E-state index contributed by atoms with van der Waals surface area (Å²) in [4.78, 5) is 18.5. The van der Waals surface area contributed by atoms with Gasteiger partial charge in [-0.05, 0) is 12.1 Å². The molecule has 0 aliphatic rings. The van der Waals surface area contributed by atoms with Crippen LogP contribution in [0.1, 0.15) is 10.5 Å². The first kappa shape index (κ1) is 9.60. The second-order valence-electron chi connectivity index (χ2n) is 2.77. The van der Waals surface area contributed by atoms with E-state index in [1.54, 1.807) is 24.5 Å². The summed E-state index contributed by atoms with van der Waals surface area (Å²) >= 11 is 1.15. The smallest absolute Gasteiger partial charge is 0.357 e. The van der Waals surface area contributed by atoms with Gasteiger partial charge in [0.05, 0.1) is 0 Å². The van der Waals surface area contributed by atoms with E-state index in [-0.39, 0.29) is 10.7 Å². The van der Waals surface area contributed by atoms with Crippen LogP contribution < -0.4 is 5.73 Å². The van der Waals surface area contributed by atoms with Crippen molar-refractivity contribution in [3.8, 4) is 10.6 Å². The number of anilines is 1. The minimum atomic E-state index is -1.11. The lowest BCUT2D eigenvalue weighted by atomic mass is 10.3. The highest BCUT2D eigenvalue weighted by atomic mass is 32.1. The first-order valence-corrected chi connectivity index (χ1v) is 4.90. The van der Waals surface area contributed by atoms with Crippen molar-refractivity contribution in [1.82, 2.24) is 9.97 Å². The van der Waals surface area contributed by atoms with Crippen molar-refractivity contribution in [2.24, 2.45) is 0 Å². The van der Waals surface area contributed by atoms with E-state index in [0.717, 1.165) is 16.9 Å². The molecule has 2 heterocycles. The van der Waals surface area contributed by atoms with Gasteiger partial charge in [-0.3, -0.25) is 4.98 Å². The van der Waals surface area contributed by atoms with Crippen molar-refractivity contribution in [3.05, 3.63) is 30.2 Å². The molecule has 6 heteroatoms. The van der Waals surface area contributed by atoms with E-state index in [2.05, 4.69) is 9.97 Å². The molecule has 0 radical (unpaired) electrons. The number of rotatable bonds is 2. The molecule has 2 aromatic heterocycles. The number of carboxylic acid groups (broad SMARTS) is 1. The fraction of sp³-hybridized carbons (Fsp3) is 0. The summed E-state index contributed by atoms with van der Waals surface area (Å²) in [6.07, 6.45) is 3.24. The molecule has 76 valence electrons. The number of hydrogen-bond acceptors (Lipinski definition) is 5. The monoisotopic (exact) mass is 221 g/mol. The van der Waals surface area contributed by atoms with Crippen LogP contribution in [0.15, 0.2) is 24.5 Å². The summed E-state index contributed by atoms with van der Waals surface area (Å²) in [5.41, 5.74) is 6.26. The average Bonchev–Trinajstić information content (AvgIpc) is 2.62. The summed E-state index contributed by atoms with van der Waals surface area (Å²) in [5, 5.41) is 9.58. The van der Waals surface area contributed by atoms with E-state index in [4.69, 9.17) is 10.8 Å². The molecule has 2 rings (SSSR count). The minimum Gasteiger partial charge on any atom is -0.476 e. The predicted octanol–water partition coefficient (Wildman–Crippen LogP) is 1.49. The molecule has 0 aromatic carbocycles. The van der Waals surface area contributed by atoms with Crippen LogP contribution in [0.3, 0.4) is 0 Å². The molecule has 0 saturated carbocycles. The van der Waals surface area contributed by atoms with Crippen molar-refractivity contribution in [2.45, 2.75) is 0 Å². The van der Waals surface area contributed by atoms with Crippen LogP contribution in [0.25, 0.3) is 10.6 Å². The molecule has 0 amide bonds. The van der Waals surface area contributed by atoms with Crippen LogP contribution in [0, 0.1) is 0 Å². The zero-order chi connectivity index (χ0) is 10.8. The van der Waals surface area contributed by atoms with Crippen LogP contribution in [-0.2, 0) is 0 Å². The predicted molar refractivity (Wildman–Crippen MR) is 56.7 cm³/mol. The number of thiazole rings is 1. The van der Waals surface area contributed by atoms with E-state index in [9.17, 15) is 4.79 Å². The molecular weight excluding hydrogens is 214 g/mol. The number of nitrogens with zero attached hydrogens (tertiary/aromatic N) is 2. The molecule has 0 bridgehead atoms. The second-order valence-corrected chi connectivity index (χ2v) is 3.80. The first-order chi connectivity index (χ1) is 7.18. The van der Waals surface area contributed by atoms with E-state index in [0.29, 0.717) is 5.01 Å². The van der Waals surface area contributed by atoms with Gasteiger partial charge >= 0.3 is 5.97 Å². The van der Waals surface area contributed by atoms with Crippen molar-refractivity contribution in [3.63, 3.8) is 0 Å². The summed E-state index contributed by atoms with van der Waals surface area (Å²) in [6.45, 7) is 0. The summed E-state index contributed by atoms with van der Waals surface area (Å²) in [7, 11) is 0. The van der Waals surface area contributed by atoms with Gasteiger partial charge in [-0.1, -0.05) is 11.3 Å². The molecule has 2 aromatic rings. The van der Waals surface area contributed by atoms with Crippen LogP contribution in [-0.4, -0.2) is 21.0 Å². The van der Waals surface area contributed by atoms with Gasteiger partial charge in [0.2, 0.25) is 0 Å². The van der Waals surface area contributed by atoms with Gasteiger partial charge in [0.15, 0.2) is 5.69 Å². The Morgan fingerprint density at radius 1 is 1.40 bits per heavy atom. The molecule has 0 unspecified atom stereocenters. The van der Waals surface area contributed by atoms with E-state index >= 15 is 0 Å². The van der Waals surface area contributed by atoms with Crippen molar-refractivity contribution < 1.29 is 9.90 Å². The zero-order valence-corrected chi connectivity index (χ0v) is 8.36. The van der Waals surface area contributed by atoms with Gasteiger partial charge in [-0.2, -0.15) is 0 Å². The number of pyridine rings is 1. The Labute approximate surface area is 89.2 Å². The quantitative estimate of drug-likeness (QED) is 0.801. The Morgan fingerprint density at radius 3 is 2.60 bits per heavy atom. The highest BCUT2D eigenvalue weighted by Gasteiger charge is 2.15. The molecular formula is C9H7N3O2S. The van der Waals surface area contributed by atoms with Crippen LogP contribution >= 0.6 is 11.3 Å². The highest BCUT2D eigenvalue weighted by molar-refractivity contribution is 7.19. The van der Waals surface area contributed by atoms with Crippen LogP contribution in [0.2, 0.25) is 0 Å². The summed E-state index contributed by atoms with van der Waals surface area (Å²) in [6, 6.07) is 3.51. The number of nitrogens with two attached hydrogens (primary N) is 1. The fourth-order valence-electron chi connectivity index (χ4n) is 1.10. The third-order valence-electron chi connectivity index (χ3n) is 1.78. The maximum absolute atomic E-state index is 10.7. The van der Waals surface area contributed by atoms with E-state index < -0.39 is 5.97 Å². The lowest BCUT2D eigenvalue weighted by molar-refractivity contribution is 0.0692. The average molecular weight is 221 g/mol. The van der Waals surface area contributed by atoms with Gasteiger partial charge < -0.3 is 10.8 Å². The Hall–Kier alpha value is -1.95. The third-order valence-corrected chi connectivity index (χ3v) is 2.72. The van der Waals surface area contributed by atoms with Crippen LogP contribution in [0.5, 0.6) is 0 Å². The number of hydrogen-bond donors (Lipinski definition) is 2. The Balaban J connectivity index is 2.48. The summed E-state index contributed by atoms with van der Waals surface area (Å²) < 4.78 is 0. The number of aromatic carboxylic acids is 1. The lowest BCUT2D eigenvalue weighted by Gasteiger charge is -1.91. The maximum Gasteiger partial charge on any atom is 0.357 e. The van der Waals surface area contributed by atoms with Gasteiger partial charge in [-0.15, -0.1) is 0 Å². The Morgan fingerprint density at radius 2 is 2.07 bits per heavy atom. The van der Waals surface area contributed by atoms with Gasteiger partial charge in [0, 0.05) is 18.0 Å². The van der Waals surface area contributed by atoms with E-state index in [1.807, 2.05) is 0 Å². The molecule has 5 nitrogen and oxygen atoms in total. The van der Waals surface area contributed by atoms with Gasteiger partial charge in [0.25, 0.3) is 0 Å². The lowest BCUT2D eigenvalue weighted by Crippen LogP contribution is -2.00. The number of carbonyl (C=O) groups is 1. The van der Waals surface area contributed by atoms with Crippen molar-refractivity contribution in [2.75, 3.05) is 5.73 Å². The fourth-order valence-corrected chi connectivity index (χ4v) is 1.93.